The van der Waals surface area contributed by atoms with Crippen LogP contribution in [0.4, 0.5) is 0 Å². The van der Waals surface area contributed by atoms with Crippen LogP contribution in [0.3, 0.4) is 0 Å². The molecule has 0 bridgehead atoms. The van der Waals surface area contributed by atoms with Crippen molar-refractivity contribution in [1.29, 1.82) is 0 Å². The number of hydrogen-bond donors (Lipinski definition) is 2. The number of aromatic amines is 1. The maximum absolute atomic E-state index is 12.3. The molecular weight excluding hydrogens is 244 g/mol. The van der Waals surface area contributed by atoms with Crippen LogP contribution in [0, 0.1) is 0 Å². The average Bonchev–Trinajstić information content (AvgIpc) is 2.75. The second-order valence-electron chi connectivity index (χ2n) is 4.31. The standard InChI is InChI=1S/C9H14N4O3S/c1-9(2)8(14)10-5-6-13(9)17(15,16)7-3-4-11-12-7/h3-4H,5-6H2,1-2H3,(H,10,14)(H,11,12). The molecule has 7 nitrogen and oxygen atoms in total. The summed E-state index contributed by atoms with van der Waals surface area (Å²) in [5, 5.41) is 8.68. The Morgan fingerprint density at radius 3 is 2.76 bits per heavy atom. The van der Waals surface area contributed by atoms with Crippen LogP contribution < -0.4 is 5.32 Å². The van der Waals surface area contributed by atoms with Gasteiger partial charge in [-0.25, -0.2) is 8.42 Å². The van der Waals surface area contributed by atoms with Gasteiger partial charge in [-0.3, -0.25) is 9.89 Å². The predicted octanol–water partition coefficient (Wildman–Crippen LogP) is -0.691. The summed E-state index contributed by atoms with van der Waals surface area (Å²) in [7, 11) is -3.70. The van der Waals surface area contributed by atoms with Crippen LogP contribution in [-0.4, -0.2) is 47.5 Å². The van der Waals surface area contributed by atoms with Gasteiger partial charge in [-0.15, -0.1) is 0 Å². The molecule has 94 valence electrons. The Kier molecular flexibility index (Phi) is 2.70. The molecule has 0 atom stereocenters. The number of carbonyl (C=O) groups excluding carboxylic acids is 1. The van der Waals surface area contributed by atoms with Crippen molar-refractivity contribution in [2.75, 3.05) is 13.1 Å². The molecule has 1 aromatic rings. The highest BCUT2D eigenvalue weighted by Crippen LogP contribution is 2.25. The van der Waals surface area contributed by atoms with Crippen molar-refractivity contribution in [3.05, 3.63) is 12.3 Å². The zero-order valence-corrected chi connectivity index (χ0v) is 10.4. The minimum Gasteiger partial charge on any atom is -0.353 e. The predicted molar refractivity (Wildman–Crippen MR) is 59.6 cm³/mol. The summed E-state index contributed by atoms with van der Waals surface area (Å²) in [6.07, 6.45) is 1.36. The van der Waals surface area contributed by atoms with Gasteiger partial charge in [0.25, 0.3) is 10.0 Å². The molecular formula is C9H14N4O3S. The van der Waals surface area contributed by atoms with E-state index in [1.807, 2.05) is 0 Å². The Hall–Kier alpha value is -1.41. The third-order valence-electron chi connectivity index (χ3n) is 2.82. The van der Waals surface area contributed by atoms with E-state index in [-0.39, 0.29) is 17.5 Å². The van der Waals surface area contributed by atoms with E-state index in [9.17, 15) is 13.2 Å². The highest BCUT2D eigenvalue weighted by molar-refractivity contribution is 7.89. The molecule has 1 aromatic heterocycles. The summed E-state index contributed by atoms with van der Waals surface area (Å²) in [4.78, 5) is 11.7. The fraction of sp³-hybridized carbons (Fsp3) is 0.556. The lowest BCUT2D eigenvalue weighted by Crippen LogP contribution is -2.63. The first-order valence-corrected chi connectivity index (χ1v) is 6.61. The number of rotatable bonds is 2. The van der Waals surface area contributed by atoms with Crippen LogP contribution in [0.5, 0.6) is 0 Å². The lowest BCUT2D eigenvalue weighted by atomic mass is 10.0. The second kappa shape index (κ2) is 3.81. The first-order valence-electron chi connectivity index (χ1n) is 5.17. The Labute approximate surface area is 99.2 Å². The smallest absolute Gasteiger partial charge is 0.260 e. The average molecular weight is 258 g/mol. The van der Waals surface area contributed by atoms with Gasteiger partial charge in [0, 0.05) is 13.1 Å². The number of H-pyrrole nitrogens is 1. The van der Waals surface area contributed by atoms with Gasteiger partial charge >= 0.3 is 0 Å². The van der Waals surface area contributed by atoms with Gasteiger partial charge in [-0.2, -0.15) is 9.40 Å². The van der Waals surface area contributed by atoms with E-state index in [0.29, 0.717) is 6.54 Å². The lowest BCUT2D eigenvalue weighted by Gasteiger charge is -2.39. The highest BCUT2D eigenvalue weighted by atomic mass is 32.2. The summed E-state index contributed by atoms with van der Waals surface area (Å²) in [6, 6.07) is 1.37. The molecule has 0 unspecified atom stereocenters. The van der Waals surface area contributed by atoms with Crippen molar-refractivity contribution in [3.8, 4) is 0 Å². The van der Waals surface area contributed by atoms with E-state index < -0.39 is 15.6 Å². The zero-order chi connectivity index (χ0) is 12.7. The molecule has 0 aromatic carbocycles. The lowest BCUT2D eigenvalue weighted by molar-refractivity contribution is -0.131. The van der Waals surface area contributed by atoms with Crippen molar-refractivity contribution >= 4 is 15.9 Å². The summed E-state index contributed by atoms with van der Waals surface area (Å²) in [6.45, 7) is 3.72. The highest BCUT2D eigenvalue weighted by Gasteiger charge is 2.45. The Morgan fingerprint density at radius 1 is 1.47 bits per heavy atom. The zero-order valence-electron chi connectivity index (χ0n) is 9.60. The van der Waals surface area contributed by atoms with Crippen LogP contribution in [0.25, 0.3) is 0 Å². The quantitative estimate of drug-likeness (QED) is 0.734. The van der Waals surface area contributed by atoms with Gasteiger partial charge in [0.1, 0.15) is 5.54 Å². The maximum Gasteiger partial charge on any atom is 0.260 e. The fourth-order valence-electron chi connectivity index (χ4n) is 1.81. The van der Waals surface area contributed by atoms with Gasteiger partial charge in [0.2, 0.25) is 5.91 Å². The second-order valence-corrected chi connectivity index (χ2v) is 6.14. The van der Waals surface area contributed by atoms with Crippen molar-refractivity contribution in [2.24, 2.45) is 0 Å². The van der Waals surface area contributed by atoms with E-state index in [1.54, 1.807) is 13.8 Å². The summed E-state index contributed by atoms with van der Waals surface area (Å²) in [5.41, 5.74) is -1.10. The largest absolute Gasteiger partial charge is 0.353 e. The first kappa shape index (κ1) is 12.1. The van der Waals surface area contributed by atoms with Crippen LogP contribution in [0.1, 0.15) is 13.8 Å². The molecule has 1 fully saturated rings. The molecule has 2 heterocycles. The third kappa shape index (κ3) is 1.83. The SMILES string of the molecule is CC1(C)C(=O)NCCN1S(=O)(=O)c1ccn[nH]1. The van der Waals surface area contributed by atoms with Gasteiger partial charge in [0.05, 0.1) is 6.20 Å². The number of nitrogens with zero attached hydrogens (tertiary/aromatic N) is 2. The van der Waals surface area contributed by atoms with Crippen LogP contribution in [0.2, 0.25) is 0 Å². The van der Waals surface area contributed by atoms with Gasteiger partial charge in [-0.1, -0.05) is 0 Å². The summed E-state index contributed by atoms with van der Waals surface area (Å²) >= 11 is 0. The van der Waals surface area contributed by atoms with Crippen molar-refractivity contribution in [2.45, 2.75) is 24.4 Å². The van der Waals surface area contributed by atoms with Crippen molar-refractivity contribution in [3.63, 3.8) is 0 Å². The number of piperazine rings is 1. The topological polar surface area (TPSA) is 95.2 Å². The van der Waals surface area contributed by atoms with Gasteiger partial charge < -0.3 is 5.32 Å². The van der Waals surface area contributed by atoms with Crippen LogP contribution in [-0.2, 0) is 14.8 Å². The number of aromatic nitrogens is 2. The van der Waals surface area contributed by atoms with Gasteiger partial charge in [0.15, 0.2) is 5.03 Å². The first-order chi connectivity index (χ1) is 7.87. The number of nitrogens with one attached hydrogen (secondary N) is 2. The molecule has 2 rings (SSSR count). The summed E-state index contributed by atoms with van der Waals surface area (Å²) in [5.74, 6) is -0.299. The van der Waals surface area contributed by atoms with Crippen LogP contribution in [0.15, 0.2) is 17.3 Å². The molecule has 1 aliphatic rings. The molecule has 1 amide bonds. The Balaban J connectivity index is 2.43. The molecule has 1 saturated heterocycles. The molecule has 8 heteroatoms. The monoisotopic (exact) mass is 258 g/mol. The minimum atomic E-state index is -3.70. The van der Waals surface area contributed by atoms with E-state index in [4.69, 9.17) is 0 Å². The van der Waals surface area contributed by atoms with Crippen molar-refractivity contribution in [1.82, 2.24) is 19.8 Å². The maximum atomic E-state index is 12.3. The molecule has 0 spiro atoms. The Bertz CT molecular complexity index is 520. The molecule has 0 radical (unpaired) electrons. The van der Waals surface area contributed by atoms with E-state index >= 15 is 0 Å². The molecule has 2 N–H and O–H groups in total. The number of sulfonamides is 1. The van der Waals surface area contributed by atoms with E-state index in [0.717, 1.165) is 0 Å². The fourth-order valence-corrected chi connectivity index (χ4v) is 3.46. The normalized spacial score (nSPS) is 21.2. The summed E-state index contributed by atoms with van der Waals surface area (Å²) < 4.78 is 25.8. The molecule has 0 saturated carbocycles. The number of carbonyl (C=O) groups is 1. The number of hydrogen-bond acceptors (Lipinski definition) is 4. The third-order valence-corrected chi connectivity index (χ3v) is 4.83. The van der Waals surface area contributed by atoms with Crippen molar-refractivity contribution < 1.29 is 13.2 Å². The van der Waals surface area contributed by atoms with E-state index in [2.05, 4.69) is 15.5 Å². The molecule has 17 heavy (non-hydrogen) atoms. The van der Waals surface area contributed by atoms with Gasteiger partial charge in [-0.05, 0) is 19.9 Å². The minimum absolute atomic E-state index is 0.000255. The number of amides is 1. The van der Waals surface area contributed by atoms with Crippen LogP contribution >= 0.6 is 0 Å². The molecule has 1 aliphatic heterocycles. The van der Waals surface area contributed by atoms with E-state index in [1.165, 1.54) is 16.6 Å². The Morgan fingerprint density at radius 2 is 2.18 bits per heavy atom. The molecule has 0 aliphatic carbocycles.